The molecule has 0 amide bonds. The first-order valence-corrected chi connectivity index (χ1v) is 5.96. The normalized spacial score (nSPS) is 12.4. The van der Waals surface area contributed by atoms with Crippen LogP contribution < -0.4 is 5.32 Å². The third-order valence-corrected chi connectivity index (χ3v) is 2.44. The molecule has 0 saturated carbocycles. The number of rotatable bonds is 5. The fourth-order valence-corrected chi connectivity index (χ4v) is 1.51. The van der Waals surface area contributed by atoms with Gasteiger partial charge in [-0.3, -0.25) is 4.21 Å². The van der Waals surface area contributed by atoms with E-state index in [1.165, 1.54) is 0 Å². The lowest BCUT2D eigenvalue weighted by molar-refractivity contribution is 0.685. The summed E-state index contributed by atoms with van der Waals surface area (Å²) in [5.74, 6) is 1.63. The summed E-state index contributed by atoms with van der Waals surface area (Å²) in [5, 5.41) is 3.15. The number of anilines is 1. The first-order chi connectivity index (χ1) is 6.29. The second-order valence-corrected chi connectivity index (χ2v) is 4.33. The van der Waals surface area contributed by atoms with Crippen LogP contribution >= 0.6 is 0 Å². The molecule has 3 nitrogen and oxygen atoms in total. The van der Waals surface area contributed by atoms with Gasteiger partial charge in [-0.05, 0) is 18.6 Å². The van der Waals surface area contributed by atoms with E-state index in [0.29, 0.717) is 0 Å². The van der Waals surface area contributed by atoms with Gasteiger partial charge in [0.1, 0.15) is 5.82 Å². The zero-order chi connectivity index (χ0) is 9.52. The second-order valence-electron chi connectivity index (χ2n) is 2.77. The lowest BCUT2D eigenvalue weighted by atomic mass is 10.4. The largest absolute Gasteiger partial charge is 0.370 e. The summed E-state index contributed by atoms with van der Waals surface area (Å²) in [4.78, 5) is 4.11. The van der Waals surface area contributed by atoms with Crippen molar-refractivity contribution in [1.82, 2.24) is 4.98 Å². The number of nitrogens with one attached hydrogen (secondary N) is 1. The van der Waals surface area contributed by atoms with Gasteiger partial charge >= 0.3 is 0 Å². The summed E-state index contributed by atoms with van der Waals surface area (Å²) in [6.07, 6.45) is 4.39. The Bertz CT molecular complexity index is 264. The molecule has 1 aromatic rings. The zero-order valence-electron chi connectivity index (χ0n) is 7.69. The van der Waals surface area contributed by atoms with Crippen LogP contribution in [-0.4, -0.2) is 27.7 Å². The third kappa shape index (κ3) is 4.62. The predicted molar refractivity (Wildman–Crippen MR) is 56.3 cm³/mol. The number of pyridine rings is 1. The van der Waals surface area contributed by atoms with Gasteiger partial charge in [-0.25, -0.2) is 4.98 Å². The summed E-state index contributed by atoms with van der Waals surface area (Å²) < 4.78 is 10.7. The summed E-state index contributed by atoms with van der Waals surface area (Å²) in [5.41, 5.74) is 0. The molecule has 0 aliphatic heterocycles. The third-order valence-electron chi connectivity index (χ3n) is 1.58. The summed E-state index contributed by atoms with van der Waals surface area (Å²) in [7, 11) is -0.684. The standard InChI is InChI=1S/C9H14N2OS/c1-13(12)8-4-7-11-9-5-2-3-6-10-9/h2-3,5-6H,4,7-8H2,1H3,(H,10,11). The number of hydrogen-bond acceptors (Lipinski definition) is 3. The Morgan fingerprint density at radius 1 is 1.54 bits per heavy atom. The topological polar surface area (TPSA) is 42.0 Å². The average molecular weight is 198 g/mol. The van der Waals surface area contributed by atoms with Crippen LogP contribution in [0.15, 0.2) is 24.4 Å². The lowest BCUT2D eigenvalue weighted by Crippen LogP contribution is -2.06. The van der Waals surface area contributed by atoms with E-state index < -0.39 is 10.8 Å². The molecular weight excluding hydrogens is 184 g/mol. The first-order valence-electron chi connectivity index (χ1n) is 4.24. The summed E-state index contributed by atoms with van der Waals surface area (Å²) in [6, 6.07) is 5.74. The van der Waals surface area contributed by atoms with Gasteiger partial charge in [0, 0.05) is 35.5 Å². The minimum absolute atomic E-state index is 0.684. The quantitative estimate of drug-likeness (QED) is 0.724. The SMILES string of the molecule is CS(=O)CCCNc1ccccn1. The molecule has 1 N–H and O–H groups in total. The Labute approximate surface area is 81.0 Å². The van der Waals surface area contributed by atoms with Crippen molar-refractivity contribution in [3.05, 3.63) is 24.4 Å². The van der Waals surface area contributed by atoms with Gasteiger partial charge in [0.15, 0.2) is 0 Å². The molecule has 0 fully saturated rings. The summed E-state index contributed by atoms with van der Waals surface area (Å²) >= 11 is 0. The van der Waals surface area contributed by atoms with Crippen LogP contribution in [0, 0.1) is 0 Å². The van der Waals surface area contributed by atoms with E-state index in [4.69, 9.17) is 0 Å². The van der Waals surface area contributed by atoms with E-state index in [1.807, 2.05) is 18.2 Å². The van der Waals surface area contributed by atoms with Crippen LogP contribution in [0.2, 0.25) is 0 Å². The molecule has 0 aliphatic rings. The number of aromatic nitrogens is 1. The minimum Gasteiger partial charge on any atom is -0.370 e. The Morgan fingerprint density at radius 3 is 3.00 bits per heavy atom. The van der Waals surface area contributed by atoms with E-state index >= 15 is 0 Å². The lowest BCUT2D eigenvalue weighted by Gasteiger charge is -2.03. The maximum Gasteiger partial charge on any atom is 0.125 e. The van der Waals surface area contributed by atoms with E-state index in [9.17, 15) is 4.21 Å². The first kappa shape index (κ1) is 10.2. The van der Waals surface area contributed by atoms with Gasteiger partial charge in [0.25, 0.3) is 0 Å². The fourth-order valence-electron chi connectivity index (χ4n) is 0.959. The number of hydrogen-bond donors (Lipinski definition) is 1. The maximum atomic E-state index is 10.7. The van der Waals surface area contributed by atoms with E-state index in [2.05, 4.69) is 10.3 Å². The van der Waals surface area contributed by atoms with Crippen molar-refractivity contribution in [2.24, 2.45) is 0 Å². The molecule has 0 bridgehead atoms. The molecule has 0 spiro atoms. The van der Waals surface area contributed by atoms with Gasteiger partial charge in [-0.1, -0.05) is 6.07 Å². The molecule has 0 radical (unpaired) electrons. The molecule has 1 aromatic heterocycles. The predicted octanol–water partition coefficient (Wildman–Crippen LogP) is 1.26. The van der Waals surface area contributed by atoms with Crippen LogP contribution in [-0.2, 0) is 10.8 Å². The van der Waals surface area contributed by atoms with Crippen molar-refractivity contribution in [1.29, 1.82) is 0 Å². The highest BCUT2D eigenvalue weighted by Crippen LogP contribution is 1.99. The average Bonchev–Trinajstić information content (AvgIpc) is 2.14. The van der Waals surface area contributed by atoms with E-state index in [0.717, 1.165) is 24.5 Å². The van der Waals surface area contributed by atoms with Crippen molar-refractivity contribution in [3.8, 4) is 0 Å². The molecule has 4 heteroatoms. The number of nitrogens with zero attached hydrogens (tertiary/aromatic N) is 1. The van der Waals surface area contributed by atoms with Crippen LogP contribution in [0.25, 0.3) is 0 Å². The van der Waals surface area contributed by atoms with Crippen molar-refractivity contribution in [2.45, 2.75) is 6.42 Å². The molecule has 0 saturated heterocycles. The van der Waals surface area contributed by atoms with Gasteiger partial charge in [-0.2, -0.15) is 0 Å². The second kappa shape index (κ2) is 5.70. The van der Waals surface area contributed by atoms with E-state index in [-0.39, 0.29) is 0 Å². The van der Waals surface area contributed by atoms with Crippen molar-refractivity contribution < 1.29 is 4.21 Å². The monoisotopic (exact) mass is 198 g/mol. The van der Waals surface area contributed by atoms with E-state index in [1.54, 1.807) is 12.5 Å². The highest BCUT2D eigenvalue weighted by Gasteiger charge is 1.92. The van der Waals surface area contributed by atoms with Gasteiger partial charge in [0.05, 0.1) is 0 Å². The Kier molecular flexibility index (Phi) is 4.46. The molecule has 72 valence electrons. The zero-order valence-corrected chi connectivity index (χ0v) is 8.51. The van der Waals surface area contributed by atoms with Crippen molar-refractivity contribution in [3.63, 3.8) is 0 Å². The highest BCUT2D eigenvalue weighted by atomic mass is 32.2. The highest BCUT2D eigenvalue weighted by molar-refractivity contribution is 7.84. The van der Waals surface area contributed by atoms with Crippen LogP contribution in [0.4, 0.5) is 5.82 Å². The Hall–Kier alpha value is -0.900. The Balaban J connectivity index is 2.17. The minimum atomic E-state index is -0.684. The summed E-state index contributed by atoms with van der Waals surface area (Å²) in [6.45, 7) is 0.830. The maximum absolute atomic E-state index is 10.7. The fraction of sp³-hybridized carbons (Fsp3) is 0.444. The van der Waals surface area contributed by atoms with Crippen molar-refractivity contribution in [2.75, 3.05) is 23.9 Å². The molecule has 1 unspecified atom stereocenters. The molecule has 0 aliphatic carbocycles. The van der Waals surface area contributed by atoms with Crippen LogP contribution in [0.3, 0.4) is 0 Å². The van der Waals surface area contributed by atoms with Gasteiger partial charge < -0.3 is 5.32 Å². The molecule has 1 atom stereocenters. The molecule has 13 heavy (non-hydrogen) atoms. The van der Waals surface area contributed by atoms with Crippen LogP contribution in [0.5, 0.6) is 0 Å². The molecule has 0 aromatic carbocycles. The Morgan fingerprint density at radius 2 is 2.38 bits per heavy atom. The molecule has 1 rings (SSSR count). The van der Waals surface area contributed by atoms with Gasteiger partial charge in [0.2, 0.25) is 0 Å². The van der Waals surface area contributed by atoms with Crippen molar-refractivity contribution >= 4 is 16.6 Å². The molecular formula is C9H14N2OS. The van der Waals surface area contributed by atoms with Crippen LogP contribution in [0.1, 0.15) is 6.42 Å². The molecule has 1 heterocycles. The van der Waals surface area contributed by atoms with Gasteiger partial charge in [-0.15, -0.1) is 0 Å². The smallest absolute Gasteiger partial charge is 0.125 e.